The second-order valence-electron chi connectivity index (χ2n) is 10.8. The van der Waals surface area contributed by atoms with Gasteiger partial charge in [0, 0.05) is 49.1 Å². The first-order valence-electron chi connectivity index (χ1n) is 28.3. The molecule has 51 heavy (non-hydrogen) atoms. The van der Waals surface area contributed by atoms with Crippen molar-refractivity contribution >= 4 is 65.6 Å². The molecule has 4 heterocycles. The predicted octanol–water partition coefficient (Wildman–Crippen LogP) is 11.3. The molecule has 0 fully saturated rings. The van der Waals surface area contributed by atoms with Crippen molar-refractivity contribution in [2.75, 3.05) is 0 Å². The fourth-order valence-corrected chi connectivity index (χ4v) is 6.04. The Balaban J connectivity index is 1.40. The molecule has 0 amide bonds. The van der Waals surface area contributed by atoms with E-state index in [0.717, 1.165) is 9.13 Å². The maximum absolute atomic E-state index is 9.93. The fourth-order valence-electron chi connectivity index (χ4n) is 6.04. The molecular formula is C45H27N5O. The Morgan fingerprint density at radius 3 is 1.59 bits per heavy atom. The molecule has 0 N–H and O–H groups in total. The lowest BCUT2D eigenvalue weighted by Gasteiger charge is -2.13. The Bertz CT molecular complexity index is 4560. The molecule has 6 heteroatoms. The fraction of sp³-hybridized carbons (Fsp3) is 0. The summed E-state index contributed by atoms with van der Waals surface area (Å²) in [5.74, 6) is -2.69. The minimum absolute atomic E-state index is 0.464. The summed E-state index contributed by atoms with van der Waals surface area (Å²) in [5.41, 5.74) is -5.96. The van der Waals surface area contributed by atoms with Crippen LogP contribution in [0.1, 0.15) is 37.0 Å². The summed E-state index contributed by atoms with van der Waals surface area (Å²) in [4.78, 5) is 13.6. The molecule has 0 bridgehead atoms. The molecule has 0 unspecified atom stereocenters. The van der Waals surface area contributed by atoms with Crippen LogP contribution in [0.2, 0.25) is 0 Å². The van der Waals surface area contributed by atoms with E-state index in [9.17, 15) is 9.60 Å². The molecule has 0 saturated carbocycles. The highest BCUT2D eigenvalue weighted by Crippen LogP contribution is 2.38. The van der Waals surface area contributed by atoms with Gasteiger partial charge in [-0.25, -0.2) is 4.98 Å². The molecule has 4 aromatic heterocycles. The van der Waals surface area contributed by atoms with Crippen molar-refractivity contribution in [2.45, 2.75) is 0 Å². The third-order valence-electron chi connectivity index (χ3n) is 8.12. The predicted molar refractivity (Wildman–Crippen MR) is 207 cm³/mol. The number of rotatable bonds is 4. The van der Waals surface area contributed by atoms with Crippen LogP contribution in [0.3, 0.4) is 0 Å². The zero-order valence-corrected chi connectivity index (χ0v) is 25.1. The SMILES string of the molecule is [2H]c1c([2H])c(-c2nc(-c3c([2H])c([2H])c([2H])c4oc5c([2H])c([2H])c([2H])c([2H])c5c34)nc(-n3c4c([2H])c([2H])c([2H])c([2H])c4c4c([2H])c([2H])c([2H])c([2H])c43)n2)c([2H])c(-n2c3c([2H])c([2H])c([2H])c([2H])c3c3c([2H])c([2H])c([2H])c([2H])c32)c1[2H]. The summed E-state index contributed by atoms with van der Waals surface area (Å²) in [6.45, 7) is 0. The Morgan fingerprint density at radius 2 is 0.941 bits per heavy atom. The van der Waals surface area contributed by atoms with Crippen molar-refractivity contribution in [3.8, 4) is 34.4 Å². The highest BCUT2D eigenvalue weighted by atomic mass is 16.3. The number of benzene rings is 7. The summed E-state index contributed by atoms with van der Waals surface area (Å²) >= 11 is 0. The van der Waals surface area contributed by atoms with Crippen LogP contribution in [0, 0.1) is 0 Å². The number of fused-ring (bicyclic) bond motifs is 9. The van der Waals surface area contributed by atoms with Gasteiger partial charge in [0.05, 0.1) is 59.1 Å². The van der Waals surface area contributed by atoms with Crippen molar-refractivity contribution in [3.63, 3.8) is 0 Å². The van der Waals surface area contributed by atoms with Gasteiger partial charge in [-0.15, -0.1) is 0 Å². The van der Waals surface area contributed by atoms with Crippen molar-refractivity contribution in [1.29, 1.82) is 0 Å². The lowest BCUT2D eigenvalue weighted by molar-refractivity contribution is 0.669. The number of nitrogens with zero attached hydrogens (tertiary/aromatic N) is 5. The molecule has 0 radical (unpaired) electrons. The van der Waals surface area contributed by atoms with E-state index in [1.54, 1.807) is 0 Å². The van der Waals surface area contributed by atoms with Gasteiger partial charge in [-0.05, 0) is 48.3 Å². The summed E-state index contributed by atoms with van der Waals surface area (Å²) in [6.07, 6.45) is 0. The van der Waals surface area contributed by atoms with Crippen LogP contribution >= 0.6 is 0 Å². The molecule has 11 aromatic rings. The highest BCUT2D eigenvalue weighted by molar-refractivity contribution is 6.12. The van der Waals surface area contributed by atoms with Crippen LogP contribution in [-0.2, 0) is 0 Å². The van der Waals surface area contributed by atoms with Gasteiger partial charge >= 0.3 is 0 Å². The van der Waals surface area contributed by atoms with Gasteiger partial charge in [-0.1, -0.05) is 115 Å². The third-order valence-corrected chi connectivity index (χ3v) is 8.12. The smallest absolute Gasteiger partial charge is 0.238 e. The van der Waals surface area contributed by atoms with Crippen LogP contribution in [0.5, 0.6) is 0 Å². The molecule has 0 spiro atoms. The van der Waals surface area contributed by atoms with E-state index in [1.165, 1.54) is 0 Å². The van der Waals surface area contributed by atoms with E-state index in [0.29, 0.717) is 0 Å². The van der Waals surface area contributed by atoms with Gasteiger partial charge in [0.1, 0.15) is 11.2 Å². The van der Waals surface area contributed by atoms with E-state index in [-0.39, 0.29) is 0 Å². The first-order chi connectivity index (χ1) is 36.5. The van der Waals surface area contributed by atoms with Crippen LogP contribution in [0.15, 0.2) is 168 Å². The molecule has 11 rings (SSSR count). The second-order valence-corrected chi connectivity index (χ2v) is 10.8. The molecule has 6 nitrogen and oxygen atoms in total. The molecule has 0 aliphatic rings. The maximum atomic E-state index is 9.93. The van der Waals surface area contributed by atoms with Crippen LogP contribution in [0.4, 0.5) is 0 Å². The van der Waals surface area contributed by atoms with Gasteiger partial charge in [0.15, 0.2) is 11.6 Å². The highest BCUT2D eigenvalue weighted by Gasteiger charge is 2.21. The maximum Gasteiger partial charge on any atom is 0.238 e. The minimum Gasteiger partial charge on any atom is -0.456 e. The quantitative estimate of drug-likeness (QED) is 0.186. The summed E-state index contributed by atoms with van der Waals surface area (Å²) in [7, 11) is 0. The van der Waals surface area contributed by atoms with Gasteiger partial charge in [-0.2, -0.15) is 9.97 Å². The van der Waals surface area contributed by atoms with Gasteiger partial charge < -0.3 is 8.98 Å². The van der Waals surface area contributed by atoms with Crippen LogP contribution in [-0.4, -0.2) is 24.1 Å². The molecule has 7 aromatic carbocycles. The number of hydrogen-bond donors (Lipinski definition) is 0. The van der Waals surface area contributed by atoms with Crippen molar-refractivity contribution < 1.29 is 41.4 Å². The van der Waals surface area contributed by atoms with E-state index in [1.807, 2.05) is 0 Å². The normalized spacial score (nSPS) is 19.3. The minimum atomic E-state index is -1.07. The van der Waals surface area contributed by atoms with Crippen molar-refractivity contribution in [3.05, 3.63) is 163 Å². The number of para-hydroxylation sites is 5. The number of hydrogen-bond acceptors (Lipinski definition) is 4. The topological polar surface area (TPSA) is 61.7 Å². The standard InChI is InChI=1S/C45H27N5O/c1-6-21-36-30(15-1)31-16-2-7-22-37(31)49(36)29-14-11-13-28(27-29)43-46-44(35-20-12-26-41-42(35)34-19-5-10-25-40(34)51-41)48-45(47-43)50-38-23-8-3-17-32(38)33-18-4-9-24-39(33)50/h1-27H/i1D,2D,3D,4D,5D,6D,7D,8D,9D,10D,11D,12D,13D,14D,15D,16D,17D,18D,19D,20D,21D,22D,23D,24D,25D,26D,27D. The zero-order valence-electron chi connectivity index (χ0n) is 52.1. The number of furan rings is 1. The van der Waals surface area contributed by atoms with E-state index in [4.69, 9.17) is 31.8 Å². The van der Waals surface area contributed by atoms with Gasteiger partial charge in [0.25, 0.3) is 0 Å². The molecule has 0 aliphatic heterocycles. The summed E-state index contributed by atoms with van der Waals surface area (Å²) in [6, 6.07) is -23.5. The molecule has 0 atom stereocenters. The molecule has 238 valence electrons. The largest absolute Gasteiger partial charge is 0.456 e. The van der Waals surface area contributed by atoms with E-state index >= 15 is 0 Å². The average molecular weight is 681 g/mol. The number of aromatic nitrogens is 5. The van der Waals surface area contributed by atoms with E-state index < -0.39 is 263 Å². The Morgan fingerprint density at radius 1 is 0.431 bits per heavy atom. The molecule has 0 saturated heterocycles. The lowest BCUT2D eigenvalue weighted by atomic mass is 10.1. The third kappa shape index (κ3) is 4.14. The van der Waals surface area contributed by atoms with Gasteiger partial charge in [0.2, 0.25) is 5.95 Å². The zero-order chi connectivity index (χ0) is 57.0. The Hall–Kier alpha value is -7.05. The summed E-state index contributed by atoms with van der Waals surface area (Å²) in [5, 5.41) is -2.90. The van der Waals surface area contributed by atoms with E-state index in [2.05, 4.69) is 15.0 Å². The first-order valence-corrected chi connectivity index (χ1v) is 14.8. The van der Waals surface area contributed by atoms with Crippen molar-refractivity contribution in [1.82, 2.24) is 24.1 Å². The Labute approximate surface area is 329 Å². The van der Waals surface area contributed by atoms with Gasteiger partial charge in [-0.3, -0.25) is 4.57 Å². The van der Waals surface area contributed by atoms with Crippen LogP contribution < -0.4 is 0 Å². The lowest BCUT2D eigenvalue weighted by Crippen LogP contribution is -2.06. The Kier molecular flexibility index (Phi) is 2.60. The average Bonchev–Trinajstić information content (AvgIpc) is 4.09. The summed E-state index contributed by atoms with van der Waals surface area (Å²) < 4.78 is 248. The first kappa shape index (κ1) is 12.4. The van der Waals surface area contributed by atoms with Crippen LogP contribution in [0.25, 0.3) is 100.0 Å². The molecule has 0 aliphatic carbocycles. The second kappa shape index (κ2) is 10.7. The van der Waals surface area contributed by atoms with Crippen molar-refractivity contribution in [2.24, 2.45) is 0 Å². The molecular weight excluding hydrogens is 627 g/mol. The monoisotopic (exact) mass is 680 g/mol.